The van der Waals surface area contributed by atoms with Crippen LogP contribution in [0.4, 0.5) is 11.5 Å². The van der Waals surface area contributed by atoms with Gasteiger partial charge in [0.25, 0.3) is 0 Å². The summed E-state index contributed by atoms with van der Waals surface area (Å²) >= 11 is 1.59. The molecule has 1 fully saturated rings. The fourth-order valence-electron chi connectivity index (χ4n) is 5.24. The molecule has 0 amide bonds. The Morgan fingerprint density at radius 1 is 1.14 bits per heavy atom. The van der Waals surface area contributed by atoms with E-state index in [-0.39, 0.29) is 6.04 Å². The molecule has 1 aliphatic carbocycles. The average Bonchev–Trinajstić information content (AvgIpc) is 3.43. The van der Waals surface area contributed by atoms with Gasteiger partial charge in [-0.2, -0.15) is 0 Å². The third-order valence-electron chi connectivity index (χ3n) is 6.91. The van der Waals surface area contributed by atoms with Crippen molar-refractivity contribution in [2.24, 2.45) is 0 Å². The minimum atomic E-state index is -0.107. The number of benzene rings is 1. The Morgan fingerprint density at radius 3 is 2.64 bits per heavy atom. The number of aromatic nitrogens is 3. The van der Waals surface area contributed by atoms with Gasteiger partial charge in [0.15, 0.2) is 11.6 Å². The Bertz CT molecular complexity index is 1240. The lowest BCUT2D eigenvalue weighted by Gasteiger charge is -2.46. The van der Waals surface area contributed by atoms with Crippen LogP contribution in [0.3, 0.4) is 0 Å². The molecule has 36 heavy (non-hydrogen) atoms. The molecule has 1 saturated carbocycles. The van der Waals surface area contributed by atoms with Crippen molar-refractivity contribution >= 4 is 35.1 Å². The standard InChI is InChI=1S/C27H32N8S/c1-3-23-25(29)34(18(2)28)24-17-31-26(33-27(24)35(23)20-9-7-8-10-20)22-13-14-30-15-19(22)16-32-36-21-11-5-4-6-12-21/h4-6,11-15,17,20,23,28-29,32H,3,7-10,16H2,1-2H3/t23-/m1/s1. The van der Waals surface area contributed by atoms with Crippen LogP contribution >= 0.6 is 11.9 Å². The zero-order valence-electron chi connectivity index (χ0n) is 20.7. The Balaban J connectivity index is 1.51. The van der Waals surface area contributed by atoms with Crippen LogP contribution in [0.25, 0.3) is 11.4 Å². The largest absolute Gasteiger partial charge is 0.342 e. The molecular formula is C27H32N8S. The molecule has 2 aromatic heterocycles. The predicted octanol–water partition coefficient (Wildman–Crippen LogP) is 5.66. The van der Waals surface area contributed by atoms with Crippen molar-refractivity contribution in [2.45, 2.75) is 69.5 Å². The maximum absolute atomic E-state index is 8.93. The molecule has 0 bridgehead atoms. The number of hydrogen-bond acceptors (Lipinski definition) is 8. The van der Waals surface area contributed by atoms with E-state index in [0.29, 0.717) is 30.1 Å². The molecule has 0 spiro atoms. The molecule has 0 radical (unpaired) electrons. The van der Waals surface area contributed by atoms with E-state index >= 15 is 0 Å². The van der Waals surface area contributed by atoms with Gasteiger partial charge in [0.05, 0.1) is 12.2 Å². The molecule has 1 aromatic carbocycles. The van der Waals surface area contributed by atoms with Crippen molar-refractivity contribution in [1.82, 2.24) is 19.7 Å². The first-order valence-corrected chi connectivity index (χ1v) is 13.4. The lowest BCUT2D eigenvalue weighted by atomic mass is 10.0. The zero-order chi connectivity index (χ0) is 25.1. The van der Waals surface area contributed by atoms with Crippen molar-refractivity contribution in [3.05, 3.63) is 60.6 Å². The van der Waals surface area contributed by atoms with Crippen molar-refractivity contribution in [2.75, 3.05) is 9.80 Å². The van der Waals surface area contributed by atoms with Crippen molar-refractivity contribution in [3.8, 4) is 11.4 Å². The Morgan fingerprint density at radius 2 is 1.92 bits per heavy atom. The summed E-state index contributed by atoms with van der Waals surface area (Å²) in [5, 5.41) is 17.3. The SMILES string of the molecule is CC[C@@H]1C(=N)N(C(C)=N)c2cnc(-c3ccncc3CNSc3ccccc3)nc2N1C1CCCC1. The molecule has 1 atom stereocenters. The number of anilines is 2. The van der Waals surface area contributed by atoms with Gasteiger partial charge in [-0.05, 0) is 61.9 Å². The minimum absolute atomic E-state index is 0.107. The van der Waals surface area contributed by atoms with Crippen LogP contribution < -0.4 is 14.5 Å². The summed E-state index contributed by atoms with van der Waals surface area (Å²) in [7, 11) is 0. The quantitative estimate of drug-likeness (QED) is 0.218. The van der Waals surface area contributed by atoms with Gasteiger partial charge in [-0.25, -0.2) is 9.97 Å². The van der Waals surface area contributed by atoms with E-state index in [1.54, 1.807) is 36.2 Å². The van der Waals surface area contributed by atoms with Gasteiger partial charge in [0.1, 0.15) is 17.4 Å². The fraction of sp³-hybridized carbons (Fsp3) is 0.370. The summed E-state index contributed by atoms with van der Waals surface area (Å²) < 4.78 is 3.43. The van der Waals surface area contributed by atoms with Gasteiger partial charge in [-0.15, -0.1) is 0 Å². The molecule has 8 nitrogen and oxygen atoms in total. The summed E-state index contributed by atoms with van der Waals surface area (Å²) in [5.41, 5.74) is 2.68. The molecule has 0 saturated heterocycles. The monoisotopic (exact) mass is 500 g/mol. The molecule has 0 unspecified atom stereocenters. The topological polar surface area (TPSA) is 105 Å². The lowest BCUT2D eigenvalue weighted by Crippen LogP contribution is -2.57. The second kappa shape index (κ2) is 10.8. The average molecular weight is 501 g/mol. The van der Waals surface area contributed by atoms with E-state index in [1.165, 1.54) is 12.8 Å². The van der Waals surface area contributed by atoms with Crippen molar-refractivity contribution in [3.63, 3.8) is 0 Å². The Hall–Kier alpha value is -3.30. The van der Waals surface area contributed by atoms with E-state index in [9.17, 15) is 0 Å². The first kappa shape index (κ1) is 24.4. The van der Waals surface area contributed by atoms with Gasteiger partial charge >= 0.3 is 0 Å². The Labute approximate surface area is 216 Å². The van der Waals surface area contributed by atoms with Crippen LogP contribution in [-0.4, -0.2) is 38.7 Å². The van der Waals surface area contributed by atoms with Gasteiger partial charge in [-0.3, -0.25) is 25.4 Å². The first-order chi connectivity index (χ1) is 17.6. The number of amidine groups is 2. The van der Waals surface area contributed by atoms with Crippen molar-refractivity contribution < 1.29 is 0 Å². The smallest absolute Gasteiger partial charge is 0.162 e. The molecule has 2 aliphatic rings. The second-order valence-corrected chi connectivity index (χ2v) is 10.2. The summed E-state index contributed by atoms with van der Waals surface area (Å²) in [4.78, 5) is 19.4. The van der Waals surface area contributed by atoms with Crippen LogP contribution in [0.1, 0.15) is 51.5 Å². The zero-order valence-corrected chi connectivity index (χ0v) is 21.6. The number of nitrogens with one attached hydrogen (secondary N) is 3. The maximum Gasteiger partial charge on any atom is 0.162 e. The van der Waals surface area contributed by atoms with Gasteiger partial charge in [0.2, 0.25) is 0 Å². The number of nitrogens with zero attached hydrogens (tertiary/aromatic N) is 5. The highest BCUT2D eigenvalue weighted by atomic mass is 32.2. The van der Waals surface area contributed by atoms with Gasteiger partial charge in [-0.1, -0.05) is 38.0 Å². The normalized spacial score (nSPS) is 17.9. The van der Waals surface area contributed by atoms with Crippen LogP contribution in [0.5, 0.6) is 0 Å². The van der Waals surface area contributed by atoms with Gasteiger partial charge in [0, 0.05) is 35.4 Å². The van der Waals surface area contributed by atoms with Crippen LogP contribution in [-0.2, 0) is 6.54 Å². The highest BCUT2D eigenvalue weighted by Crippen LogP contribution is 2.41. The summed E-state index contributed by atoms with van der Waals surface area (Å²) in [6, 6.07) is 12.4. The third kappa shape index (κ3) is 4.73. The maximum atomic E-state index is 8.93. The molecule has 1 aliphatic heterocycles. The van der Waals surface area contributed by atoms with E-state index in [1.807, 2.05) is 30.5 Å². The fourth-order valence-corrected chi connectivity index (χ4v) is 5.92. The summed E-state index contributed by atoms with van der Waals surface area (Å²) in [6.45, 7) is 4.45. The third-order valence-corrected chi connectivity index (χ3v) is 7.70. The molecular weight excluding hydrogens is 468 g/mol. The lowest BCUT2D eigenvalue weighted by molar-refractivity contribution is 0.548. The number of pyridine rings is 1. The second-order valence-electron chi connectivity index (χ2n) is 9.25. The van der Waals surface area contributed by atoms with E-state index in [4.69, 9.17) is 20.8 Å². The van der Waals surface area contributed by atoms with E-state index in [0.717, 1.165) is 46.8 Å². The first-order valence-electron chi connectivity index (χ1n) is 12.6. The van der Waals surface area contributed by atoms with Gasteiger partial charge < -0.3 is 4.90 Å². The molecule has 3 heterocycles. The van der Waals surface area contributed by atoms with E-state index in [2.05, 4.69) is 33.7 Å². The minimum Gasteiger partial charge on any atom is -0.342 e. The van der Waals surface area contributed by atoms with E-state index < -0.39 is 0 Å². The predicted molar refractivity (Wildman–Crippen MR) is 147 cm³/mol. The molecule has 3 aromatic rings. The highest BCUT2D eigenvalue weighted by molar-refractivity contribution is 7.97. The highest BCUT2D eigenvalue weighted by Gasteiger charge is 2.41. The molecule has 3 N–H and O–H groups in total. The Kier molecular flexibility index (Phi) is 7.29. The van der Waals surface area contributed by atoms with Crippen LogP contribution in [0.2, 0.25) is 0 Å². The summed E-state index contributed by atoms with van der Waals surface area (Å²) in [5.74, 6) is 2.23. The van der Waals surface area contributed by atoms with Crippen molar-refractivity contribution in [1.29, 1.82) is 10.8 Å². The van der Waals surface area contributed by atoms with Crippen LogP contribution in [0, 0.1) is 10.8 Å². The number of hydrogen-bond donors (Lipinski definition) is 3. The molecule has 9 heteroatoms. The molecule has 186 valence electrons. The van der Waals surface area contributed by atoms with Crippen LogP contribution in [0.15, 0.2) is 59.9 Å². The molecule has 5 rings (SSSR count). The summed E-state index contributed by atoms with van der Waals surface area (Å²) in [6.07, 6.45) is 10.8. The number of rotatable bonds is 7. The number of fused-ring (bicyclic) bond motifs is 1.